The molecule has 0 aliphatic carbocycles. The summed E-state index contributed by atoms with van der Waals surface area (Å²) < 4.78 is 2.12. The lowest BCUT2D eigenvalue weighted by molar-refractivity contribution is 0.0977. The van der Waals surface area contributed by atoms with Crippen molar-refractivity contribution in [3.05, 3.63) is 75.9 Å². The van der Waals surface area contributed by atoms with Gasteiger partial charge >= 0.3 is 0 Å². The van der Waals surface area contributed by atoms with Crippen molar-refractivity contribution in [3.63, 3.8) is 0 Å². The summed E-state index contributed by atoms with van der Waals surface area (Å²) in [4.78, 5) is 17.7. The second-order valence-corrected chi connectivity index (χ2v) is 9.58. The Morgan fingerprint density at radius 1 is 0.912 bits per heavy atom. The number of carbonyl (C=O) groups is 1. The van der Waals surface area contributed by atoms with Crippen molar-refractivity contribution in [3.8, 4) is 11.3 Å². The van der Waals surface area contributed by atoms with Crippen LogP contribution in [0.4, 0.5) is 5.69 Å². The van der Waals surface area contributed by atoms with E-state index in [4.69, 9.17) is 23.2 Å². The molecule has 0 radical (unpaired) electrons. The number of carbonyl (C=O) groups excluding carboxylic acids is 1. The van der Waals surface area contributed by atoms with E-state index < -0.39 is 0 Å². The first-order valence-corrected chi connectivity index (χ1v) is 12.4. The molecule has 0 bridgehead atoms. The van der Waals surface area contributed by atoms with Gasteiger partial charge in [-0.05, 0) is 56.1 Å². The van der Waals surface area contributed by atoms with Crippen LogP contribution in [-0.2, 0) is 7.05 Å². The standard InChI is InChI=1S/C27H31Cl2N3O.ClH/c1-20-23(19-26(30(20)2)21-8-4-3-5-9-21)27(33)10-6-7-13-31-14-16-32(17-15-31)22-11-12-24(28)25(29)18-22;/h3-5,8-9,11-12,18-19H,6-7,10,13-17H2,1-2H3;1H. The Kier molecular flexibility index (Phi) is 9.49. The number of anilines is 1. The van der Waals surface area contributed by atoms with Crippen LogP contribution in [0.25, 0.3) is 11.3 Å². The van der Waals surface area contributed by atoms with Gasteiger partial charge in [0.05, 0.1) is 10.0 Å². The highest BCUT2D eigenvalue weighted by Crippen LogP contribution is 2.28. The van der Waals surface area contributed by atoms with Gasteiger partial charge in [0.15, 0.2) is 5.78 Å². The first-order chi connectivity index (χ1) is 15.9. The molecule has 3 aromatic rings. The lowest BCUT2D eigenvalue weighted by atomic mass is 10.0. The van der Waals surface area contributed by atoms with Gasteiger partial charge < -0.3 is 9.47 Å². The van der Waals surface area contributed by atoms with Gasteiger partial charge in [-0.25, -0.2) is 0 Å². The molecule has 1 aliphatic heterocycles. The summed E-state index contributed by atoms with van der Waals surface area (Å²) in [6, 6.07) is 18.1. The SMILES string of the molecule is Cc1c(C(=O)CCCCN2CCN(c3ccc(Cl)c(Cl)c3)CC2)cc(-c2ccccc2)n1C.Cl. The van der Waals surface area contributed by atoms with Crippen molar-refractivity contribution in [2.45, 2.75) is 26.2 Å². The number of ketones is 1. The summed E-state index contributed by atoms with van der Waals surface area (Å²) in [7, 11) is 2.03. The van der Waals surface area contributed by atoms with Crippen LogP contribution < -0.4 is 4.90 Å². The van der Waals surface area contributed by atoms with Gasteiger partial charge in [-0.1, -0.05) is 53.5 Å². The highest BCUT2D eigenvalue weighted by atomic mass is 35.5. The number of unbranched alkanes of at least 4 members (excludes halogenated alkanes) is 1. The molecule has 4 rings (SSSR count). The smallest absolute Gasteiger partial charge is 0.164 e. The largest absolute Gasteiger partial charge is 0.369 e. The number of benzene rings is 2. The van der Waals surface area contributed by atoms with E-state index in [1.807, 2.05) is 50.4 Å². The summed E-state index contributed by atoms with van der Waals surface area (Å²) in [5.74, 6) is 0.245. The molecule has 0 spiro atoms. The van der Waals surface area contributed by atoms with Gasteiger partial charge in [-0.2, -0.15) is 0 Å². The quantitative estimate of drug-likeness (QED) is 0.239. The van der Waals surface area contributed by atoms with Crippen molar-refractivity contribution in [1.82, 2.24) is 9.47 Å². The molecule has 0 saturated carbocycles. The minimum Gasteiger partial charge on any atom is -0.369 e. The number of aromatic nitrogens is 1. The Morgan fingerprint density at radius 2 is 1.62 bits per heavy atom. The second-order valence-electron chi connectivity index (χ2n) is 8.76. The lowest BCUT2D eigenvalue weighted by Crippen LogP contribution is -2.46. The van der Waals surface area contributed by atoms with Crippen LogP contribution in [0.5, 0.6) is 0 Å². The molecule has 2 heterocycles. The third-order valence-corrected chi connectivity index (χ3v) is 7.41. The molecule has 0 atom stereocenters. The molecule has 182 valence electrons. The van der Waals surface area contributed by atoms with Crippen LogP contribution in [0.15, 0.2) is 54.6 Å². The second kappa shape index (κ2) is 12.1. The Balaban J connectivity index is 0.00000324. The first-order valence-electron chi connectivity index (χ1n) is 11.6. The number of rotatable bonds is 8. The number of Topliss-reactive ketones (excluding diaryl/α,β-unsaturated/α-hetero) is 1. The average Bonchev–Trinajstić information content (AvgIpc) is 3.14. The first kappa shape index (κ1) is 26.6. The summed E-state index contributed by atoms with van der Waals surface area (Å²) in [5.41, 5.74) is 5.25. The Labute approximate surface area is 218 Å². The molecule has 7 heteroatoms. The number of hydrogen-bond acceptors (Lipinski definition) is 3. The lowest BCUT2D eigenvalue weighted by Gasteiger charge is -2.36. The fraction of sp³-hybridized carbons (Fsp3) is 0.370. The molecule has 0 amide bonds. The predicted molar refractivity (Wildman–Crippen MR) is 146 cm³/mol. The molecular weight excluding hydrogens is 489 g/mol. The van der Waals surface area contributed by atoms with Gasteiger partial charge in [-0.15, -0.1) is 12.4 Å². The molecule has 2 aromatic carbocycles. The van der Waals surface area contributed by atoms with E-state index in [2.05, 4.69) is 32.6 Å². The van der Waals surface area contributed by atoms with Crippen molar-refractivity contribution in [2.24, 2.45) is 7.05 Å². The normalized spacial score (nSPS) is 14.2. The fourth-order valence-electron chi connectivity index (χ4n) is 4.53. The highest BCUT2D eigenvalue weighted by molar-refractivity contribution is 6.42. The topological polar surface area (TPSA) is 28.5 Å². The number of halogens is 3. The van der Waals surface area contributed by atoms with Crippen LogP contribution in [0.1, 0.15) is 35.3 Å². The van der Waals surface area contributed by atoms with Gasteiger partial charge in [0.1, 0.15) is 0 Å². The molecule has 0 N–H and O–H groups in total. The van der Waals surface area contributed by atoms with E-state index in [0.717, 1.165) is 73.8 Å². The predicted octanol–water partition coefficient (Wildman–Crippen LogP) is 6.90. The Bertz CT molecular complexity index is 1110. The van der Waals surface area contributed by atoms with E-state index in [0.29, 0.717) is 16.5 Å². The molecule has 34 heavy (non-hydrogen) atoms. The van der Waals surface area contributed by atoms with Crippen LogP contribution in [0, 0.1) is 6.92 Å². The maximum atomic E-state index is 12.9. The van der Waals surface area contributed by atoms with Gasteiger partial charge in [0.25, 0.3) is 0 Å². The number of nitrogens with zero attached hydrogens (tertiary/aromatic N) is 3. The summed E-state index contributed by atoms with van der Waals surface area (Å²) in [6.07, 6.45) is 2.55. The average molecular weight is 521 g/mol. The summed E-state index contributed by atoms with van der Waals surface area (Å²) in [6.45, 7) is 7.06. The Morgan fingerprint density at radius 3 is 2.29 bits per heavy atom. The van der Waals surface area contributed by atoms with Gasteiger partial charge in [-0.3, -0.25) is 9.69 Å². The van der Waals surface area contributed by atoms with E-state index >= 15 is 0 Å². The Hall–Kier alpha value is -1.98. The van der Waals surface area contributed by atoms with E-state index in [1.54, 1.807) is 0 Å². The molecule has 1 saturated heterocycles. The van der Waals surface area contributed by atoms with E-state index in [1.165, 1.54) is 0 Å². The molecule has 1 fully saturated rings. The fourth-order valence-corrected chi connectivity index (χ4v) is 4.83. The summed E-state index contributed by atoms with van der Waals surface area (Å²) in [5, 5.41) is 1.20. The van der Waals surface area contributed by atoms with E-state index in [9.17, 15) is 4.79 Å². The zero-order valence-electron chi connectivity index (χ0n) is 19.8. The monoisotopic (exact) mass is 519 g/mol. The van der Waals surface area contributed by atoms with Crippen LogP contribution in [-0.4, -0.2) is 48.0 Å². The third kappa shape index (κ3) is 6.17. The van der Waals surface area contributed by atoms with Gasteiger partial charge in [0, 0.05) is 62.3 Å². The zero-order chi connectivity index (χ0) is 23.4. The minimum absolute atomic E-state index is 0. The molecular formula is C27H32Cl3N3O. The van der Waals surface area contributed by atoms with Crippen molar-refractivity contribution in [2.75, 3.05) is 37.6 Å². The third-order valence-electron chi connectivity index (χ3n) is 6.67. The molecule has 1 aliphatic rings. The molecule has 1 aromatic heterocycles. The van der Waals surface area contributed by atoms with Crippen LogP contribution in [0.3, 0.4) is 0 Å². The molecule has 4 nitrogen and oxygen atoms in total. The van der Waals surface area contributed by atoms with Crippen molar-refractivity contribution in [1.29, 1.82) is 0 Å². The maximum Gasteiger partial charge on any atom is 0.164 e. The maximum absolute atomic E-state index is 12.9. The molecule has 0 unspecified atom stereocenters. The number of hydrogen-bond donors (Lipinski definition) is 0. The van der Waals surface area contributed by atoms with Crippen LogP contribution in [0.2, 0.25) is 10.0 Å². The minimum atomic E-state index is 0. The summed E-state index contributed by atoms with van der Waals surface area (Å²) >= 11 is 12.2. The van der Waals surface area contributed by atoms with Crippen molar-refractivity contribution < 1.29 is 4.79 Å². The van der Waals surface area contributed by atoms with Crippen LogP contribution >= 0.6 is 35.6 Å². The van der Waals surface area contributed by atoms with Crippen molar-refractivity contribution >= 4 is 47.1 Å². The van der Waals surface area contributed by atoms with E-state index in [-0.39, 0.29) is 18.2 Å². The van der Waals surface area contributed by atoms with Gasteiger partial charge in [0.2, 0.25) is 0 Å². The number of piperazine rings is 1. The highest BCUT2D eigenvalue weighted by Gasteiger charge is 2.19. The zero-order valence-corrected chi connectivity index (χ0v) is 22.1.